The summed E-state index contributed by atoms with van der Waals surface area (Å²) >= 11 is 0. The lowest BCUT2D eigenvalue weighted by Crippen LogP contribution is -2.42. The second-order valence-corrected chi connectivity index (χ2v) is 7.63. The highest BCUT2D eigenvalue weighted by Crippen LogP contribution is 2.40. The normalized spacial score (nSPS) is 22.3. The number of ether oxygens (including phenoxy) is 1. The molecule has 1 aliphatic carbocycles. The van der Waals surface area contributed by atoms with Gasteiger partial charge in [0.1, 0.15) is 5.75 Å². The number of aliphatic hydroxyl groups is 1. The summed E-state index contributed by atoms with van der Waals surface area (Å²) in [5.74, 6) is 1.85. The van der Waals surface area contributed by atoms with Crippen LogP contribution in [0.3, 0.4) is 0 Å². The maximum atomic E-state index is 9.88. The minimum Gasteiger partial charge on any atom is -0.497 e. The molecule has 2 aliphatic rings. The van der Waals surface area contributed by atoms with Crippen molar-refractivity contribution in [2.45, 2.75) is 57.0 Å². The topological polar surface area (TPSA) is 57.1 Å². The van der Waals surface area contributed by atoms with Gasteiger partial charge in [-0.05, 0) is 43.9 Å². The third-order valence-corrected chi connectivity index (χ3v) is 5.84. The second-order valence-electron chi connectivity index (χ2n) is 7.63. The van der Waals surface area contributed by atoms with Crippen molar-refractivity contribution < 1.29 is 9.84 Å². The summed E-state index contributed by atoms with van der Waals surface area (Å²) < 4.78 is 5.33. The highest BCUT2D eigenvalue weighted by molar-refractivity contribution is 14.0. The third kappa shape index (κ3) is 5.50. The first-order valence-electron chi connectivity index (χ1n) is 10.0. The molecule has 1 heterocycles. The number of guanidine groups is 1. The highest BCUT2D eigenvalue weighted by Gasteiger charge is 2.34. The Balaban J connectivity index is 0.00000261. The van der Waals surface area contributed by atoms with Crippen LogP contribution in [0.15, 0.2) is 29.3 Å². The molecule has 0 unspecified atom stereocenters. The molecule has 5 nitrogen and oxygen atoms in total. The first-order chi connectivity index (χ1) is 12.7. The van der Waals surface area contributed by atoms with Crippen LogP contribution < -0.4 is 10.1 Å². The number of hydrogen-bond donors (Lipinski definition) is 2. The molecule has 1 atom stereocenters. The molecule has 1 saturated heterocycles. The second kappa shape index (κ2) is 10.5. The first kappa shape index (κ1) is 22.3. The molecule has 27 heavy (non-hydrogen) atoms. The van der Waals surface area contributed by atoms with Crippen molar-refractivity contribution in [3.05, 3.63) is 29.8 Å². The molecule has 0 aromatic heterocycles. The van der Waals surface area contributed by atoms with E-state index < -0.39 is 0 Å². The van der Waals surface area contributed by atoms with Crippen LogP contribution in [0, 0.1) is 0 Å². The van der Waals surface area contributed by atoms with Crippen LogP contribution in [-0.4, -0.2) is 55.4 Å². The SMILES string of the molecule is CCNC(=NCC1(c2ccc(OC)cc2)CCCCC1)N1CC[C@@H](O)C1.I. The molecular weight excluding hydrogens is 453 g/mol. The van der Waals surface area contributed by atoms with Gasteiger partial charge in [-0.3, -0.25) is 4.99 Å². The molecule has 0 bridgehead atoms. The Hall–Kier alpha value is -1.02. The van der Waals surface area contributed by atoms with E-state index in [1.807, 2.05) is 0 Å². The van der Waals surface area contributed by atoms with Gasteiger partial charge in [-0.25, -0.2) is 0 Å². The van der Waals surface area contributed by atoms with Gasteiger partial charge in [0.2, 0.25) is 0 Å². The largest absolute Gasteiger partial charge is 0.497 e. The number of β-amino-alcohol motifs (C(OH)–C–C–N with tert-alkyl or cyclic N) is 1. The molecule has 3 rings (SSSR count). The van der Waals surface area contributed by atoms with Crippen molar-refractivity contribution in [1.82, 2.24) is 10.2 Å². The molecule has 0 spiro atoms. The van der Waals surface area contributed by atoms with Crippen molar-refractivity contribution in [3.8, 4) is 5.75 Å². The summed E-state index contributed by atoms with van der Waals surface area (Å²) in [7, 11) is 1.71. The van der Waals surface area contributed by atoms with Crippen LogP contribution in [-0.2, 0) is 5.41 Å². The molecule has 1 aliphatic heterocycles. The average molecular weight is 487 g/mol. The monoisotopic (exact) mass is 487 g/mol. The quantitative estimate of drug-likeness (QED) is 0.379. The number of halogens is 1. The number of likely N-dealkylation sites (tertiary alicyclic amines) is 1. The number of methoxy groups -OCH3 is 1. The molecule has 2 N–H and O–H groups in total. The summed E-state index contributed by atoms with van der Waals surface area (Å²) in [6, 6.07) is 8.56. The molecule has 2 fully saturated rings. The van der Waals surface area contributed by atoms with E-state index in [9.17, 15) is 5.11 Å². The van der Waals surface area contributed by atoms with Crippen molar-refractivity contribution in [3.63, 3.8) is 0 Å². The van der Waals surface area contributed by atoms with Gasteiger partial charge in [0.05, 0.1) is 19.8 Å². The maximum Gasteiger partial charge on any atom is 0.194 e. The lowest BCUT2D eigenvalue weighted by molar-refractivity contribution is 0.187. The fourth-order valence-corrected chi connectivity index (χ4v) is 4.30. The summed E-state index contributed by atoms with van der Waals surface area (Å²) in [4.78, 5) is 7.23. The fraction of sp³-hybridized carbons (Fsp3) is 0.667. The average Bonchev–Trinajstić information content (AvgIpc) is 3.12. The zero-order valence-corrected chi connectivity index (χ0v) is 18.9. The minimum atomic E-state index is -0.232. The van der Waals surface area contributed by atoms with E-state index >= 15 is 0 Å². The van der Waals surface area contributed by atoms with Crippen molar-refractivity contribution in [2.75, 3.05) is 33.3 Å². The van der Waals surface area contributed by atoms with Gasteiger partial charge in [0.15, 0.2) is 5.96 Å². The van der Waals surface area contributed by atoms with Gasteiger partial charge in [-0.2, -0.15) is 0 Å². The molecule has 1 aromatic carbocycles. The van der Waals surface area contributed by atoms with Crippen molar-refractivity contribution in [2.24, 2.45) is 4.99 Å². The Morgan fingerprint density at radius 3 is 2.52 bits per heavy atom. The minimum absolute atomic E-state index is 0. The van der Waals surface area contributed by atoms with Crippen LogP contribution >= 0.6 is 24.0 Å². The van der Waals surface area contributed by atoms with Crippen LogP contribution in [0.1, 0.15) is 51.0 Å². The number of aliphatic hydroxyl groups excluding tert-OH is 1. The molecule has 152 valence electrons. The van der Waals surface area contributed by atoms with Crippen LogP contribution in [0.2, 0.25) is 0 Å². The van der Waals surface area contributed by atoms with Gasteiger partial charge in [0.25, 0.3) is 0 Å². The zero-order chi connectivity index (χ0) is 18.4. The highest BCUT2D eigenvalue weighted by atomic mass is 127. The van der Waals surface area contributed by atoms with Gasteiger partial charge in [-0.1, -0.05) is 31.4 Å². The van der Waals surface area contributed by atoms with E-state index in [2.05, 4.69) is 41.4 Å². The molecule has 0 amide bonds. The number of benzene rings is 1. The Morgan fingerprint density at radius 1 is 1.26 bits per heavy atom. The van der Waals surface area contributed by atoms with E-state index in [1.54, 1.807) is 7.11 Å². The molecule has 6 heteroatoms. The predicted octanol–water partition coefficient (Wildman–Crippen LogP) is 3.55. The maximum absolute atomic E-state index is 9.88. The number of aliphatic imine (C=N–C) groups is 1. The lowest BCUT2D eigenvalue weighted by atomic mass is 9.69. The van der Waals surface area contributed by atoms with Gasteiger partial charge >= 0.3 is 0 Å². The van der Waals surface area contributed by atoms with E-state index in [0.29, 0.717) is 6.54 Å². The number of nitrogens with one attached hydrogen (secondary N) is 1. The van der Waals surface area contributed by atoms with Crippen LogP contribution in [0.5, 0.6) is 5.75 Å². The fourth-order valence-electron chi connectivity index (χ4n) is 4.30. The first-order valence-corrected chi connectivity index (χ1v) is 10.0. The van der Waals surface area contributed by atoms with Crippen LogP contribution in [0.4, 0.5) is 0 Å². The van der Waals surface area contributed by atoms with E-state index in [1.165, 1.54) is 37.7 Å². The van der Waals surface area contributed by atoms with E-state index in [4.69, 9.17) is 9.73 Å². The summed E-state index contributed by atoms with van der Waals surface area (Å²) in [5, 5.41) is 13.3. The smallest absolute Gasteiger partial charge is 0.194 e. The summed E-state index contributed by atoms with van der Waals surface area (Å²) in [5.41, 5.74) is 1.49. The summed E-state index contributed by atoms with van der Waals surface area (Å²) in [6.07, 6.45) is 6.81. The number of rotatable bonds is 5. The van der Waals surface area contributed by atoms with E-state index in [-0.39, 0.29) is 35.5 Å². The summed E-state index contributed by atoms with van der Waals surface area (Å²) in [6.45, 7) is 5.31. The van der Waals surface area contributed by atoms with E-state index in [0.717, 1.165) is 37.8 Å². The molecule has 0 radical (unpaired) electrons. The molecular formula is C21H34IN3O2. The number of nitrogens with zero attached hydrogens (tertiary/aromatic N) is 2. The standard InChI is InChI=1S/C21H33N3O2.HI/c1-3-22-20(24-14-11-18(25)15-24)23-16-21(12-5-4-6-13-21)17-7-9-19(26-2)10-8-17;/h7-10,18,25H,3-6,11-16H2,1-2H3,(H,22,23);1H/t18-;/m1./s1. The third-order valence-electron chi connectivity index (χ3n) is 5.84. The lowest BCUT2D eigenvalue weighted by Gasteiger charge is -2.37. The van der Waals surface area contributed by atoms with Gasteiger partial charge < -0.3 is 20.1 Å². The molecule has 1 aromatic rings. The van der Waals surface area contributed by atoms with Crippen molar-refractivity contribution in [1.29, 1.82) is 0 Å². The predicted molar refractivity (Wildman–Crippen MR) is 121 cm³/mol. The van der Waals surface area contributed by atoms with Gasteiger partial charge in [0, 0.05) is 25.0 Å². The van der Waals surface area contributed by atoms with Crippen molar-refractivity contribution >= 4 is 29.9 Å². The Labute approximate surface area is 180 Å². The Bertz CT molecular complexity index is 600. The Kier molecular flexibility index (Phi) is 8.66. The zero-order valence-electron chi connectivity index (χ0n) is 16.6. The number of hydrogen-bond acceptors (Lipinski definition) is 3. The van der Waals surface area contributed by atoms with Gasteiger partial charge in [-0.15, -0.1) is 24.0 Å². The Morgan fingerprint density at radius 2 is 1.96 bits per heavy atom. The molecule has 1 saturated carbocycles. The van der Waals surface area contributed by atoms with Crippen LogP contribution in [0.25, 0.3) is 0 Å².